The van der Waals surface area contributed by atoms with Gasteiger partial charge in [0, 0.05) is 19.4 Å². The van der Waals surface area contributed by atoms with Gasteiger partial charge in [0.05, 0.1) is 6.54 Å². The Balaban J connectivity index is 1.86. The number of amides is 1. The van der Waals surface area contributed by atoms with E-state index in [1.165, 1.54) is 11.3 Å². The van der Waals surface area contributed by atoms with Crippen LogP contribution >= 0.6 is 0 Å². The molecule has 3 unspecified atom stereocenters. The lowest BCUT2D eigenvalue weighted by Crippen LogP contribution is -2.39. The SMILES string of the molecule is CC1CCCC(CC(=O)N2CCC(F)(C(=O)O)C2)C1. The van der Waals surface area contributed by atoms with Gasteiger partial charge < -0.3 is 10.0 Å². The molecular weight excluding hydrogens is 249 g/mol. The molecule has 2 aliphatic rings. The number of likely N-dealkylation sites (tertiary alicyclic amines) is 1. The fourth-order valence-corrected chi connectivity index (χ4v) is 3.28. The zero-order valence-corrected chi connectivity index (χ0v) is 11.4. The summed E-state index contributed by atoms with van der Waals surface area (Å²) in [7, 11) is 0. The van der Waals surface area contributed by atoms with Gasteiger partial charge in [-0.25, -0.2) is 9.18 Å². The molecule has 1 aliphatic carbocycles. The van der Waals surface area contributed by atoms with Crippen LogP contribution in [0, 0.1) is 11.8 Å². The molecule has 108 valence electrons. The highest BCUT2D eigenvalue weighted by Gasteiger charge is 2.46. The summed E-state index contributed by atoms with van der Waals surface area (Å²) in [5.41, 5.74) is -2.24. The van der Waals surface area contributed by atoms with E-state index in [-0.39, 0.29) is 25.4 Å². The fraction of sp³-hybridized carbons (Fsp3) is 0.857. The predicted octanol–water partition coefficient (Wildman–Crippen LogP) is 2.23. The number of halogens is 1. The summed E-state index contributed by atoms with van der Waals surface area (Å²) >= 11 is 0. The first-order valence-electron chi connectivity index (χ1n) is 7.11. The molecule has 0 spiro atoms. The van der Waals surface area contributed by atoms with Gasteiger partial charge in [0.1, 0.15) is 0 Å². The van der Waals surface area contributed by atoms with E-state index in [1.54, 1.807) is 0 Å². The summed E-state index contributed by atoms with van der Waals surface area (Å²) in [6, 6.07) is 0. The number of nitrogens with zero attached hydrogens (tertiary/aromatic N) is 1. The van der Waals surface area contributed by atoms with Crippen LogP contribution in [0.3, 0.4) is 0 Å². The second-order valence-corrected chi connectivity index (χ2v) is 6.18. The quantitative estimate of drug-likeness (QED) is 0.856. The van der Waals surface area contributed by atoms with Crippen molar-refractivity contribution in [3.63, 3.8) is 0 Å². The molecule has 1 amide bonds. The van der Waals surface area contributed by atoms with Crippen LogP contribution in [0.25, 0.3) is 0 Å². The molecule has 1 saturated carbocycles. The first kappa shape index (κ1) is 14.3. The zero-order chi connectivity index (χ0) is 14.0. The molecule has 0 aromatic carbocycles. The number of carboxylic acid groups (broad SMARTS) is 1. The molecule has 1 heterocycles. The van der Waals surface area contributed by atoms with Gasteiger partial charge in [-0.05, 0) is 24.7 Å². The number of rotatable bonds is 3. The fourth-order valence-electron chi connectivity index (χ4n) is 3.28. The van der Waals surface area contributed by atoms with Crippen molar-refractivity contribution < 1.29 is 19.1 Å². The summed E-state index contributed by atoms with van der Waals surface area (Å²) in [4.78, 5) is 24.3. The number of carboxylic acids is 1. The third-order valence-corrected chi connectivity index (χ3v) is 4.46. The molecule has 0 aromatic heterocycles. The molecule has 19 heavy (non-hydrogen) atoms. The summed E-state index contributed by atoms with van der Waals surface area (Å²) < 4.78 is 13.9. The van der Waals surface area contributed by atoms with Gasteiger partial charge in [-0.3, -0.25) is 4.79 Å². The lowest BCUT2D eigenvalue weighted by Gasteiger charge is -2.28. The molecule has 0 radical (unpaired) electrons. The van der Waals surface area contributed by atoms with E-state index in [9.17, 15) is 14.0 Å². The molecule has 4 nitrogen and oxygen atoms in total. The molecule has 1 aliphatic heterocycles. The first-order valence-corrected chi connectivity index (χ1v) is 7.11. The molecular formula is C14H22FNO3. The average Bonchev–Trinajstić information content (AvgIpc) is 2.73. The smallest absolute Gasteiger partial charge is 0.343 e. The van der Waals surface area contributed by atoms with Gasteiger partial charge in [-0.15, -0.1) is 0 Å². The van der Waals surface area contributed by atoms with Crippen molar-refractivity contribution in [3.8, 4) is 0 Å². The monoisotopic (exact) mass is 271 g/mol. The zero-order valence-electron chi connectivity index (χ0n) is 11.4. The van der Waals surface area contributed by atoms with E-state index in [4.69, 9.17) is 5.11 Å². The van der Waals surface area contributed by atoms with E-state index >= 15 is 0 Å². The molecule has 2 fully saturated rings. The Morgan fingerprint density at radius 1 is 1.42 bits per heavy atom. The van der Waals surface area contributed by atoms with Gasteiger partial charge in [0.25, 0.3) is 0 Å². The Hall–Kier alpha value is -1.13. The van der Waals surface area contributed by atoms with Crippen LogP contribution in [0.15, 0.2) is 0 Å². The minimum Gasteiger partial charge on any atom is -0.479 e. The Kier molecular flexibility index (Phi) is 4.11. The number of alkyl halides is 1. The number of hydrogen-bond acceptors (Lipinski definition) is 2. The van der Waals surface area contributed by atoms with Gasteiger partial charge in [0.15, 0.2) is 0 Å². The van der Waals surface area contributed by atoms with Crippen LogP contribution in [0.5, 0.6) is 0 Å². The molecule has 0 aromatic rings. The van der Waals surface area contributed by atoms with Crippen molar-refractivity contribution in [1.29, 1.82) is 0 Å². The van der Waals surface area contributed by atoms with E-state index in [2.05, 4.69) is 6.92 Å². The number of carbonyl (C=O) groups excluding carboxylic acids is 1. The van der Waals surface area contributed by atoms with Gasteiger partial charge in [-0.2, -0.15) is 0 Å². The molecule has 1 saturated heterocycles. The lowest BCUT2D eigenvalue weighted by molar-refractivity contribution is -0.150. The van der Waals surface area contributed by atoms with Crippen molar-refractivity contribution in [3.05, 3.63) is 0 Å². The maximum Gasteiger partial charge on any atom is 0.343 e. The van der Waals surface area contributed by atoms with Crippen molar-refractivity contribution in [1.82, 2.24) is 4.90 Å². The van der Waals surface area contributed by atoms with E-state index in [1.807, 2.05) is 0 Å². The molecule has 5 heteroatoms. The molecule has 3 atom stereocenters. The van der Waals surface area contributed by atoms with Crippen molar-refractivity contribution >= 4 is 11.9 Å². The number of carbonyl (C=O) groups is 2. The van der Waals surface area contributed by atoms with Gasteiger partial charge in [0.2, 0.25) is 11.6 Å². The Bertz CT molecular complexity index is 374. The Morgan fingerprint density at radius 2 is 2.16 bits per heavy atom. The van der Waals surface area contributed by atoms with Crippen LogP contribution in [0.4, 0.5) is 4.39 Å². The second kappa shape index (κ2) is 5.47. The predicted molar refractivity (Wildman–Crippen MR) is 68.4 cm³/mol. The Morgan fingerprint density at radius 3 is 2.74 bits per heavy atom. The van der Waals surface area contributed by atoms with Gasteiger partial charge >= 0.3 is 5.97 Å². The van der Waals surface area contributed by atoms with Crippen molar-refractivity contribution in [2.45, 2.75) is 51.1 Å². The minimum absolute atomic E-state index is 0.0834. The van der Waals surface area contributed by atoms with Crippen molar-refractivity contribution in [2.75, 3.05) is 13.1 Å². The Labute approximate surface area is 113 Å². The third kappa shape index (κ3) is 3.25. The van der Waals surface area contributed by atoms with Crippen LogP contribution < -0.4 is 0 Å². The summed E-state index contributed by atoms with van der Waals surface area (Å²) in [5, 5.41) is 8.82. The van der Waals surface area contributed by atoms with Crippen LogP contribution in [-0.2, 0) is 9.59 Å². The highest BCUT2D eigenvalue weighted by molar-refractivity contribution is 5.82. The van der Waals surface area contributed by atoms with Gasteiger partial charge in [-0.1, -0.05) is 19.8 Å². The molecule has 1 N–H and O–H groups in total. The second-order valence-electron chi connectivity index (χ2n) is 6.18. The first-order chi connectivity index (χ1) is 8.90. The molecule has 2 rings (SSSR count). The highest BCUT2D eigenvalue weighted by atomic mass is 19.1. The average molecular weight is 271 g/mol. The standard InChI is InChI=1S/C14H22FNO3/c1-10-3-2-4-11(7-10)8-12(17)16-6-5-14(15,9-16)13(18)19/h10-11H,2-9H2,1H3,(H,18,19). The summed E-state index contributed by atoms with van der Waals surface area (Å²) in [6.45, 7) is 2.14. The minimum atomic E-state index is -2.24. The summed E-state index contributed by atoms with van der Waals surface area (Å²) in [5.74, 6) is -0.492. The van der Waals surface area contributed by atoms with Crippen molar-refractivity contribution in [2.24, 2.45) is 11.8 Å². The van der Waals surface area contributed by atoms with E-state index < -0.39 is 11.6 Å². The normalized spacial score (nSPS) is 35.4. The maximum absolute atomic E-state index is 13.9. The van der Waals surface area contributed by atoms with E-state index in [0.29, 0.717) is 18.3 Å². The largest absolute Gasteiger partial charge is 0.479 e. The number of hydrogen-bond donors (Lipinski definition) is 1. The van der Waals surface area contributed by atoms with Crippen LogP contribution in [0.1, 0.15) is 45.4 Å². The summed E-state index contributed by atoms with van der Waals surface area (Å²) in [6.07, 6.45) is 4.85. The number of aliphatic carboxylic acids is 1. The topological polar surface area (TPSA) is 57.6 Å². The van der Waals surface area contributed by atoms with Crippen LogP contribution in [0.2, 0.25) is 0 Å². The van der Waals surface area contributed by atoms with E-state index in [0.717, 1.165) is 19.3 Å². The highest BCUT2D eigenvalue weighted by Crippen LogP contribution is 2.32. The third-order valence-electron chi connectivity index (χ3n) is 4.46. The molecule has 0 bridgehead atoms. The van der Waals surface area contributed by atoms with Crippen LogP contribution in [-0.4, -0.2) is 40.6 Å². The lowest BCUT2D eigenvalue weighted by atomic mass is 9.80. The maximum atomic E-state index is 13.9.